The number of hydrogen-bond donors (Lipinski definition) is 0. The Bertz CT molecular complexity index is 1650. The van der Waals surface area contributed by atoms with E-state index in [2.05, 4.69) is 175 Å². The van der Waals surface area contributed by atoms with E-state index in [1.54, 1.807) is 0 Å². The van der Waals surface area contributed by atoms with Gasteiger partial charge in [0, 0.05) is 0 Å². The zero-order valence-electron chi connectivity index (χ0n) is 25.2. The highest BCUT2D eigenvalue weighted by atomic mass is 28.3. The van der Waals surface area contributed by atoms with Crippen molar-refractivity contribution in [3.05, 3.63) is 161 Å². The van der Waals surface area contributed by atoms with Gasteiger partial charge in [-0.25, -0.2) is 0 Å². The summed E-state index contributed by atoms with van der Waals surface area (Å²) in [7, 11) is -2.66. The standard InChI is InChI=1S/C40H40Si/c1-39(2,3)31-25-21-29(22-26-31)37-35-19-13-14-20-36(35)41(33-15-9-7-10-16-33,34-17-11-8-12-18-34)38(37)30-23-27-32(28-24-30)40(4,5)6/h7-28H,1-6H3. The second-order valence-electron chi connectivity index (χ2n) is 13.4. The summed E-state index contributed by atoms with van der Waals surface area (Å²) in [5.41, 5.74) is 8.29. The van der Waals surface area contributed by atoms with E-state index < -0.39 is 8.07 Å². The molecule has 0 saturated carbocycles. The van der Waals surface area contributed by atoms with Gasteiger partial charge in [0.2, 0.25) is 0 Å². The van der Waals surface area contributed by atoms with Crippen LogP contribution >= 0.6 is 0 Å². The summed E-state index contributed by atoms with van der Waals surface area (Å²) in [5.74, 6) is 0. The van der Waals surface area contributed by atoms with Crippen molar-refractivity contribution in [3.8, 4) is 0 Å². The molecule has 0 N–H and O–H groups in total. The van der Waals surface area contributed by atoms with Gasteiger partial charge in [-0.3, -0.25) is 0 Å². The van der Waals surface area contributed by atoms with Gasteiger partial charge in [0.25, 0.3) is 0 Å². The van der Waals surface area contributed by atoms with E-state index in [4.69, 9.17) is 0 Å². The summed E-state index contributed by atoms with van der Waals surface area (Å²) >= 11 is 0. The van der Waals surface area contributed by atoms with E-state index in [1.165, 1.54) is 54.1 Å². The maximum absolute atomic E-state index is 2.66. The molecule has 5 aromatic rings. The zero-order chi connectivity index (χ0) is 28.8. The molecule has 204 valence electrons. The second-order valence-corrected chi connectivity index (χ2v) is 17.1. The quantitative estimate of drug-likeness (QED) is 0.198. The molecule has 0 aromatic heterocycles. The van der Waals surface area contributed by atoms with Gasteiger partial charge in [0.1, 0.15) is 0 Å². The number of hydrogen-bond acceptors (Lipinski definition) is 0. The van der Waals surface area contributed by atoms with Gasteiger partial charge in [-0.05, 0) is 65.0 Å². The minimum atomic E-state index is -2.66. The van der Waals surface area contributed by atoms with Crippen LogP contribution in [0.2, 0.25) is 0 Å². The summed E-state index contributed by atoms with van der Waals surface area (Å²) < 4.78 is 0. The average Bonchev–Trinajstić information content (AvgIpc) is 3.29. The fourth-order valence-electron chi connectivity index (χ4n) is 6.56. The first-order valence-electron chi connectivity index (χ1n) is 14.8. The predicted molar refractivity (Wildman–Crippen MR) is 180 cm³/mol. The van der Waals surface area contributed by atoms with Crippen molar-refractivity contribution in [2.45, 2.75) is 52.4 Å². The Balaban J connectivity index is 1.75. The largest absolute Gasteiger partial charge is 0.181 e. The van der Waals surface area contributed by atoms with E-state index in [9.17, 15) is 0 Å². The molecular weight excluding hydrogens is 509 g/mol. The molecule has 0 unspecified atom stereocenters. The Morgan fingerprint density at radius 2 is 0.829 bits per heavy atom. The fraction of sp³-hybridized carbons (Fsp3) is 0.200. The average molecular weight is 549 g/mol. The summed E-state index contributed by atoms with van der Waals surface area (Å²) in [4.78, 5) is 0. The molecule has 0 atom stereocenters. The highest BCUT2D eigenvalue weighted by Gasteiger charge is 2.50. The number of fused-ring (bicyclic) bond motifs is 1. The molecule has 0 spiro atoms. The molecule has 0 saturated heterocycles. The Labute approximate surface area is 247 Å². The third-order valence-corrected chi connectivity index (χ3v) is 13.6. The van der Waals surface area contributed by atoms with E-state index in [-0.39, 0.29) is 10.8 Å². The predicted octanol–water partition coefficient (Wildman–Crippen LogP) is 8.26. The molecule has 6 rings (SSSR count). The summed E-state index contributed by atoms with van der Waals surface area (Å²) in [5, 5.41) is 5.81. The van der Waals surface area contributed by atoms with Crippen molar-refractivity contribution in [1.29, 1.82) is 0 Å². The van der Waals surface area contributed by atoms with Gasteiger partial charge >= 0.3 is 0 Å². The van der Waals surface area contributed by atoms with Crippen molar-refractivity contribution >= 4 is 34.4 Å². The Hall–Kier alpha value is -3.94. The fourth-order valence-corrected chi connectivity index (χ4v) is 12.0. The van der Waals surface area contributed by atoms with Crippen LogP contribution in [-0.2, 0) is 10.8 Å². The van der Waals surface area contributed by atoms with Crippen LogP contribution in [0.1, 0.15) is 69.4 Å². The lowest BCUT2D eigenvalue weighted by Gasteiger charge is -2.34. The maximum Gasteiger partial charge on any atom is 0.181 e. The second kappa shape index (κ2) is 10.2. The molecule has 1 aliphatic rings. The normalized spacial score (nSPS) is 14.7. The van der Waals surface area contributed by atoms with Crippen molar-refractivity contribution in [1.82, 2.24) is 0 Å². The van der Waals surface area contributed by atoms with E-state index >= 15 is 0 Å². The molecule has 0 amide bonds. The van der Waals surface area contributed by atoms with Crippen molar-refractivity contribution in [3.63, 3.8) is 0 Å². The van der Waals surface area contributed by atoms with Gasteiger partial charge in [-0.15, -0.1) is 0 Å². The van der Waals surface area contributed by atoms with Crippen molar-refractivity contribution in [2.24, 2.45) is 0 Å². The van der Waals surface area contributed by atoms with Crippen LogP contribution in [0.25, 0.3) is 10.8 Å². The molecule has 0 nitrogen and oxygen atoms in total. The third-order valence-electron chi connectivity index (χ3n) is 8.72. The summed E-state index contributed by atoms with van der Waals surface area (Å²) in [6.07, 6.45) is 0. The molecular formula is C40H40Si. The Morgan fingerprint density at radius 3 is 1.29 bits per heavy atom. The first kappa shape index (κ1) is 27.2. The van der Waals surface area contributed by atoms with Crippen LogP contribution in [0.15, 0.2) is 133 Å². The highest BCUT2D eigenvalue weighted by Crippen LogP contribution is 2.44. The molecule has 1 aliphatic heterocycles. The van der Waals surface area contributed by atoms with Crippen LogP contribution in [0.3, 0.4) is 0 Å². The van der Waals surface area contributed by atoms with Crippen molar-refractivity contribution < 1.29 is 0 Å². The van der Waals surface area contributed by atoms with Gasteiger partial charge in [0.15, 0.2) is 8.07 Å². The van der Waals surface area contributed by atoms with E-state index in [1.807, 2.05) is 0 Å². The minimum absolute atomic E-state index is 0.102. The molecule has 0 fully saturated rings. The van der Waals surface area contributed by atoms with Gasteiger partial charge in [0.05, 0.1) is 0 Å². The Morgan fingerprint density at radius 1 is 0.415 bits per heavy atom. The van der Waals surface area contributed by atoms with Gasteiger partial charge in [-0.2, -0.15) is 0 Å². The first-order valence-corrected chi connectivity index (χ1v) is 16.8. The number of benzene rings is 5. The number of rotatable bonds is 4. The van der Waals surface area contributed by atoms with Crippen LogP contribution < -0.4 is 15.6 Å². The molecule has 0 radical (unpaired) electrons. The molecule has 0 aliphatic carbocycles. The lowest BCUT2D eigenvalue weighted by molar-refractivity contribution is 0.590. The minimum Gasteiger partial charge on any atom is -0.0623 e. The van der Waals surface area contributed by atoms with Gasteiger partial charge in [-0.1, -0.05) is 175 Å². The third kappa shape index (κ3) is 4.63. The monoisotopic (exact) mass is 548 g/mol. The maximum atomic E-state index is 2.40. The first-order chi connectivity index (χ1) is 19.6. The van der Waals surface area contributed by atoms with Crippen LogP contribution in [-0.4, -0.2) is 8.07 Å². The van der Waals surface area contributed by atoms with Crippen LogP contribution in [0.4, 0.5) is 0 Å². The summed E-state index contributed by atoms with van der Waals surface area (Å²) in [6.45, 7) is 13.7. The summed E-state index contributed by atoms with van der Waals surface area (Å²) in [6, 6.07) is 50.7. The zero-order valence-corrected chi connectivity index (χ0v) is 26.2. The molecule has 1 heteroatoms. The van der Waals surface area contributed by atoms with Crippen LogP contribution in [0, 0.1) is 0 Å². The topological polar surface area (TPSA) is 0 Å². The SMILES string of the molecule is CC(C)(C)c1ccc(C2=C(c3ccc(C(C)(C)C)cc3)[Si](c3ccccc3)(c3ccccc3)c3ccccc32)cc1. The van der Waals surface area contributed by atoms with E-state index in [0.717, 1.165) is 0 Å². The smallest absolute Gasteiger partial charge is 0.0623 e. The van der Waals surface area contributed by atoms with Crippen LogP contribution in [0.5, 0.6) is 0 Å². The highest BCUT2D eigenvalue weighted by molar-refractivity contribution is 7.25. The lowest BCUT2D eigenvalue weighted by Crippen LogP contribution is -2.66. The lowest BCUT2D eigenvalue weighted by atomic mass is 9.85. The van der Waals surface area contributed by atoms with Crippen molar-refractivity contribution in [2.75, 3.05) is 0 Å². The molecule has 0 bridgehead atoms. The molecule has 41 heavy (non-hydrogen) atoms. The molecule has 1 heterocycles. The Kier molecular flexibility index (Phi) is 6.75. The van der Waals surface area contributed by atoms with E-state index in [0.29, 0.717) is 0 Å². The van der Waals surface area contributed by atoms with Gasteiger partial charge < -0.3 is 0 Å². The molecule has 5 aromatic carbocycles.